The van der Waals surface area contributed by atoms with Gasteiger partial charge in [0.05, 0.1) is 14.9 Å². The van der Waals surface area contributed by atoms with Crippen molar-refractivity contribution in [2.24, 2.45) is 0 Å². The fraction of sp³-hybridized carbons (Fsp3) is 0.462. The largest absolute Gasteiger partial charge is 0.339 e. The Labute approximate surface area is 134 Å². The lowest BCUT2D eigenvalue weighted by molar-refractivity contribution is -0.129. The maximum atomic E-state index is 12.1. The van der Waals surface area contributed by atoms with Crippen molar-refractivity contribution in [3.05, 3.63) is 28.2 Å². The van der Waals surface area contributed by atoms with Crippen LogP contribution in [0.4, 0.5) is 0 Å². The van der Waals surface area contributed by atoms with Crippen LogP contribution in [0.15, 0.2) is 23.1 Å². The Morgan fingerprint density at radius 3 is 2.52 bits per heavy atom. The summed E-state index contributed by atoms with van der Waals surface area (Å²) >= 11 is 11.6. The van der Waals surface area contributed by atoms with Crippen molar-refractivity contribution in [3.8, 4) is 0 Å². The lowest BCUT2D eigenvalue weighted by Crippen LogP contribution is -2.38. The first-order valence-electron chi connectivity index (χ1n) is 6.53. The van der Waals surface area contributed by atoms with E-state index in [0.29, 0.717) is 11.6 Å². The number of hydrogen-bond acceptors (Lipinski definition) is 3. The van der Waals surface area contributed by atoms with Crippen molar-refractivity contribution in [2.75, 3.05) is 13.1 Å². The molecule has 1 N–H and O–H groups in total. The van der Waals surface area contributed by atoms with E-state index < -0.39 is 10.0 Å². The zero-order valence-electron chi connectivity index (χ0n) is 11.5. The van der Waals surface area contributed by atoms with E-state index in [2.05, 4.69) is 4.72 Å². The van der Waals surface area contributed by atoms with Gasteiger partial charge in [-0.1, -0.05) is 23.2 Å². The molecule has 0 saturated heterocycles. The molecule has 0 unspecified atom stereocenters. The van der Waals surface area contributed by atoms with Crippen molar-refractivity contribution in [1.29, 1.82) is 0 Å². The van der Waals surface area contributed by atoms with Gasteiger partial charge in [-0.3, -0.25) is 4.79 Å². The molecule has 2 rings (SSSR count). The third-order valence-electron chi connectivity index (χ3n) is 3.24. The first-order chi connectivity index (χ1) is 9.81. The average Bonchev–Trinajstić information content (AvgIpc) is 3.21. The highest BCUT2D eigenvalue weighted by molar-refractivity contribution is 7.89. The Hall–Kier alpha value is -0.820. The second-order valence-corrected chi connectivity index (χ2v) is 7.50. The molecule has 0 aromatic heterocycles. The lowest BCUT2D eigenvalue weighted by Gasteiger charge is -2.20. The molecule has 8 heteroatoms. The minimum atomic E-state index is -3.66. The van der Waals surface area contributed by atoms with Crippen molar-refractivity contribution in [3.63, 3.8) is 0 Å². The Morgan fingerprint density at radius 2 is 2.00 bits per heavy atom. The maximum absolute atomic E-state index is 12.1. The highest BCUT2D eigenvalue weighted by atomic mass is 35.5. The smallest absolute Gasteiger partial charge is 0.240 e. The minimum Gasteiger partial charge on any atom is -0.339 e. The van der Waals surface area contributed by atoms with Gasteiger partial charge in [0, 0.05) is 26.1 Å². The van der Waals surface area contributed by atoms with Gasteiger partial charge in [0.25, 0.3) is 0 Å². The number of rotatable bonds is 6. The standard InChI is InChI=1S/C13H16Cl2N2O3S/c1-9(18)17(10-2-3-10)7-6-16-21(19,20)11-4-5-12(14)13(15)8-11/h4-5,8,10,16H,2-3,6-7H2,1H3. The first-order valence-corrected chi connectivity index (χ1v) is 8.77. The van der Waals surface area contributed by atoms with Crippen LogP contribution in [0.5, 0.6) is 0 Å². The molecule has 0 bridgehead atoms. The maximum Gasteiger partial charge on any atom is 0.240 e. The summed E-state index contributed by atoms with van der Waals surface area (Å²) in [7, 11) is -3.66. The number of carbonyl (C=O) groups excluding carboxylic acids is 1. The quantitative estimate of drug-likeness (QED) is 0.855. The topological polar surface area (TPSA) is 66.5 Å². The Morgan fingerprint density at radius 1 is 1.33 bits per heavy atom. The predicted octanol–water partition coefficient (Wildman–Crippen LogP) is 2.28. The predicted molar refractivity (Wildman–Crippen MR) is 82.1 cm³/mol. The number of halogens is 2. The molecule has 0 atom stereocenters. The molecule has 0 heterocycles. The van der Waals surface area contributed by atoms with Gasteiger partial charge in [0.2, 0.25) is 15.9 Å². The summed E-state index contributed by atoms with van der Waals surface area (Å²) in [6, 6.07) is 4.39. The van der Waals surface area contributed by atoms with E-state index in [9.17, 15) is 13.2 Å². The zero-order valence-corrected chi connectivity index (χ0v) is 13.8. The van der Waals surface area contributed by atoms with E-state index in [0.717, 1.165) is 12.8 Å². The SMILES string of the molecule is CC(=O)N(CCNS(=O)(=O)c1ccc(Cl)c(Cl)c1)C1CC1. The molecule has 1 aromatic rings. The van der Waals surface area contributed by atoms with E-state index in [1.165, 1.54) is 25.1 Å². The molecule has 0 radical (unpaired) electrons. The summed E-state index contributed by atoms with van der Waals surface area (Å²) in [4.78, 5) is 13.2. The Balaban J connectivity index is 1.97. The van der Waals surface area contributed by atoms with Gasteiger partial charge in [-0.15, -0.1) is 0 Å². The Bertz CT molecular complexity index is 645. The second-order valence-electron chi connectivity index (χ2n) is 4.92. The van der Waals surface area contributed by atoms with Crippen LogP contribution in [0.1, 0.15) is 19.8 Å². The number of nitrogens with zero attached hydrogens (tertiary/aromatic N) is 1. The number of benzene rings is 1. The number of sulfonamides is 1. The van der Waals surface area contributed by atoms with Crippen LogP contribution < -0.4 is 4.72 Å². The van der Waals surface area contributed by atoms with Gasteiger partial charge in [0.1, 0.15) is 0 Å². The molecule has 1 amide bonds. The van der Waals surface area contributed by atoms with Crippen molar-refractivity contribution in [1.82, 2.24) is 9.62 Å². The van der Waals surface area contributed by atoms with Crippen molar-refractivity contribution in [2.45, 2.75) is 30.7 Å². The molecular weight excluding hydrogens is 335 g/mol. The molecule has 1 aromatic carbocycles. The molecule has 21 heavy (non-hydrogen) atoms. The number of hydrogen-bond donors (Lipinski definition) is 1. The van der Waals surface area contributed by atoms with E-state index in [1.54, 1.807) is 4.90 Å². The molecule has 1 saturated carbocycles. The van der Waals surface area contributed by atoms with Gasteiger partial charge < -0.3 is 4.90 Å². The second kappa shape index (κ2) is 6.52. The highest BCUT2D eigenvalue weighted by Crippen LogP contribution is 2.27. The lowest BCUT2D eigenvalue weighted by atomic mass is 10.4. The van der Waals surface area contributed by atoms with E-state index >= 15 is 0 Å². The van der Waals surface area contributed by atoms with Crippen molar-refractivity contribution < 1.29 is 13.2 Å². The fourth-order valence-electron chi connectivity index (χ4n) is 2.01. The van der Waals surface area contributed by atoms with Gasteiger partial charge in [-0.2, -0.15) is 0 Å². The normalized spacial score (nSPS) is 15.0. The van der Waals surface area contributed by atoms with Gasteiger partial charge in [-0.25, -0.2) is 13.1 Å². The molecule has 1 aliphatic rings. The molecule has 116 valence electrons. The van der Waals surface area contributed by atoms with Gasteiger partial charge in [-0.05, 0) is 31.0 Å². The molecule has 1 aliphatic carbocycles. The van der Waals surface area contributed by atoms with E-state index in [4.69, 9.17) is 23.2 Å². The fourth-order valence-corrected chi connectivity index (χ4v) is 3.42. The summed E-state index contributed by atoms with van der Waals surface area (Å²) in [6.45, 7) is 2.02. The van der Waals surface area contributed by atoms with Crippen LogP contribution in [0, 0.1) is 0 Å². The monoisotopic (exact) mass is 350 g/mol. The summed E-state index contributed by atoms with van der Waals surface area (Å²) in [5, 5.41) is 0.481. The third-order valence-corrected chi connectivity index (χ3v) is 5.44. The zero-order chi connectivity index (χ0) is 15.6. The van der Waals surface area contributed by atoms with E-state index in [1.807, 2.05) is 0 Å². The Kier molecular flexibility index (Phi) is 5.14. The minimum absolute atomic E-state index is 0.0359. The third kappa shape index (κ3) is 4.32. The number of carbonyl (C=O) groups is 1. The summed E-state index contributed by atoms with van der Waals surface area (Å²) in [6.07, 6.45) is 1.97. The molecule has 1 fully saturated rings. The van der Waals surface area contributed by atoms with Crippen LogP contribution in [0.3, 0.4) is 0 Å². The molecular formula is C13H16Cl2N2O3S. The summed E-state index contributed by atoms with van der Waals surface area (Å²) in [5.74, 6) is -0.0359. The first kappa shape index (κ1) is 16.5. The number of amides is 1. The highest BCUT2D eigenvalue weighted by Gasteiger charge is 2.30. The summed E-state index contributed by atoms with van der Waals surface area (Å²) < 4.78 is 26.7. The van der Waals surface area contributed by atoms with Gasteiger partial charge >= 0.3 is 0 Å². The van der Waals surface area contributed by atoms with Crippen molar-refractivity contribution >= 4 is 39.1 Å². The van der Waals surface area contributed by atoms with Crippen LogP contribution >= 0.6 is 23.2 Å². The number of nitrogens with one attached hydrogen (secondary N) is 1. The van der Waals surface area contributed by atoms with Crippen LogP contribution in [-0.2, 0) is 14.8 Å². The van der Waals surface area contributed by atoms with Gasteiger partial charge in [0.15, 0.2) is 0 Å². The molecule has 0 aliphatic heterocycles. The summed E-state index contributed by atoms with van der Waals surface area (Å²) in [5.41, 5.74) is 0. The van der Waals surface area contributed by atoms with Crippen LogP contribution in [0.25, 0.3) is 0 Å². The average molecular weight is 351 g/mol. The van der Waals surface area contributed by atoms with Crippen LogP contribution in [-0.4, -0.2) is 38.4 Å². The molecule has 5 nitrogen and oxygen atoms in total. The molecule has 0 spiro atoms. The van der Waals surface area contributed by atoms with Crippen LogP contribution in [0.2, 0.25) is 10.0 Å². The van der Waals surface area contributed by atoms with E-state index in [-0.39, 0.29) is 28.4 Å².